The summed E-state index contributed by atoms with van der Waals surface area (Å²) in [5.41, 5.74) is 2.84. The molecular formula is C29H33NO5. The van der Waals surface area contributed by atoms with Gasteiger partial charge in [0.25, 0.3) is 0 Å². The van der Waals surface area contributed by atoms with Crippen LogP contribution in [0.5, 0.6) is 0 Å². The number of aliphatic hydroxyl groups excluding tert-OH is 1. The number of hydrogen-bond acceptors (Lipinski definition) is 5. The molecular weight excluding hydrogens is 442 g/mol. The molecule has 3 aromatic rings. The molecule has 0 aromatic heterocycles. The van der Waals surface area contributed by atoms with E-state index in [0.29, 0.717) is 13.0 Å². The lowest BCUT2D eigenvalue weighted by Gasteiger charge is -2.34. The molecule has 0 heterocycles. The fraction of sp³-hybridized carbons (Fsp3) is 0.276. The second-order valence-corrected chi connectivity index (χ2v) is 8.14. The quantitative estimate of drug-likeness (QED) is 0.194. The highest BCUT2D eigenvalue weighted by Crippen LogP contribution is 2.17. The predicted molar refractivity (Wildman–Crippen MR) is 135 cm³/mol. The highest BCUT2D eigenvalue weighted by molar-refractivity contribution is 5.68. The summed E-state index contributed by atoms with van der Waals surface area (Å²) in [4.78, 5) is 14.7. The molecule has 0 aliphatic carbocycles. The molecule has 0 saturated heterocycles. The number of aliphatic hydroxyl groups is 1. The van der Waals surface area contributed by atoms with Gasteiger partial charge in [0.1, 0.15) is 13.4 Å². The first-order valence-electron chi connectivity index (χ1n) is 11.7. The molecule has 3 aromatic carbocycles. The molecule has 1 amide bonds. The van der Waals surface area contributed by atoms with Gasteiger partial charge in [0.15, 0.2) is 0 Å². The minimum absolute atomic E-state index is 0.0322. The molecule has 0 spiro atoms. The third-order valence-electron chi connectivity index (χ3n) is 5.45. The van der Waals surface area contributed by atoms with Crippen molar-refractivity contribution >= 4 is 6.09 Å². The van der Waals surface area contributed by atoms with Crippen LogP contribution in [0, 0.1) is 0 Å². The molecule has 35 heavy (non-hydrogen) atoms. The number of amides is 1. The Bertz CT molecular complexity index is 997. The first-order valence-corrected chi connectivity index (χ1v) is 11.7. The van der Waals surface area contributed by atoms with Gasteiger partial charge in [-0.1, -0.05) is 97.1 Å². The Labute approximate surface area is 207 Å². The molecule has 0 aliphatic rings. The van der Waals surface area contributed by atoms with E-state index in [1.165, 1.54) is 4.90 Å². The van der Waals surface area contributed by atoms with Crippen molar-refractivity contribution in [3.05, 3.63) is 120 Å². The average Bonchev–Trinajstić information content (AvgIpc) is 2.90. The van der Waals surface area contributed by atoms with E-state index in [-0.39, 0.29) is 26.6 Å². The van der Waals surface area contributed by atoms with Crippen LogP contribution in [0.3, 0.4) is 0 Å². The number of ether oxygens (including phenoxy) is 3. The maximum absolute atomic E-state index is 13.2. The zero-order chi connectivity index (χ0) is 24.7. The summed E-state index contributed by atoms with van der Waals surface area (Å²) in [7, 11) is 0. The monoisotopic (exact) mass is 475 g/mol. The van der Waals surface area contributed by atoms with Crippen molar-refractivity contribution < 1.29 is 24.1 Å². The van der Waals surface area contributed by atoms with Crippen LogP contribution in [0.4, 0.5) is 4.79 Å². The number of hydrogen-bond donors (Lipinski definition) is 1. The van der Waals surface area contributed by atoms with Gasteiger partial charge in [-0.3, -0.25) is 4.90 Å². The first kappa shape index (κ1) is 26.2. The van der Waals surface area contributed by atoms with Crippen molar-refractivity contribution in [3.8, 4) is 0 Å². The Kier molecular flexibility index (Phi) is 11.0. The number of nitrogens with zero attached hydrogens (tertiary/aromatic N) is 1. The van der Waals surface area contributed by atoms with Crippen LogP contribution in [-0.4, -0.2) is 41.6 Å². The van der Waals surface area contributed by atoms with Crippen LogP contribution in [0.2, 0.25) is 0 Å². The SMILES string of the molecule is C=CC[C@@H](O)[C@H](COCOCc1ccccc1)N(Cc1ccccc1)C(=O)OCc1ccccc1. The van der Waals surface area contributed by atoms with Gasteiger partial charge in [-0.2, -0.15) is 0 Å². The van der Waals surface area contributed by atoms with E-state index in [2.05, 4.69) is 6.58 Å². The van der Waals surface area contributed by atoms with Gasteiger partial charge >= 0.3 is 6.09 Å². The van der Waals surface area contributed by atoms with Crippen molar-refractivity contribution in [3.63, 3.8) is 0 Å². The summed E-state index contributed by atoms with van der Waals surface area (Å²) in [6.07, 6.45) is 0.518. The van der Waals surface area contributed by atoms with Crippen LogP contribution in [0.25, 0.3) is 0 Å². The summed E-state index contributed by atoms with van der Waals surface area (Å²) in [5.74, 6) is 0. The van der Waals surface area contributed by atoms with Crippen molar-refractivity contribution in [2.24, 2.45) is 0 Å². The number of rotatable bonds is 14. The zero-order valence-electron chi connectivity index (χ0n) is 19.9. The minimum Gasteiger partial charge on any atom is -0.445 e. The molecule has 184 valence electrons. The smallest absolute Gasteiger partial charge is 0.410 e. The predicted octanol–water partition coefficient (Wildman–Crippen LogP) is 5.32. The molecule has 0 bridgehead atoms. The van der Waals surface area contributed by atoms with Crippen molar-refractivity contribution in [2.75, 3.05) is 13.4 Å². The molecule has 1 N–H and O–H groups in total. The average molecular weight is 476 g/mol. The van der Waals surface area contributed by atoms with Crippen LogP contribution in [-0.2, 0) is 34.0 Å². The number of carbonyl (C=O) groups is 1. The lowest BCUT2D eigenvalue weighted by atomic mass is 10.1. The zero-order valence-corrected chi connectivity index (χ0v) is 19.9. The van der Waals surface area contributed by atoms with Gasteiger partial charge in [-0.25, -0.2) is 4.79 Å². The second-order valence-electron chi connectivity index (χ2n) is 8.14. The van der Waals surface area contributed by atoms with E-state index in [0.717, 1.165) is 16.7 Å². The maximum atomic E-state index is 13.2. The van der Waals surface area contributed by atoms with Gasteiger partial charge in [0.05, 0.1) is 25.4 Å². The molecule has 0 fully saturated rings. The fourth-order valence-corrected chi connectivity index (χ4v) is 3.60. The summed E-state index contributed by atoms with van der Waals surface area (Å²) >= 11 is 0. The van der Waals surface area contributed by atoms with Crippen LogP contribution in [0.1, 0.15) is 23.1 Å². The van der Waals surface area contributed by atoms with E-state index in [1.54, 1.807) is 6.08 Å². The molecule has 0 radical (unpaired) electrons. The lowest BCUT2D eigenvalue weighted by Crippen LogP contribution is -2.49. The molecule has 3 rings (SSSR count). The highest BCUT2D eigenvalue weighted by Gasteiger charge is 2.31. The van der Waals surface area contributed by atoms with Gasteiger partial charge in [0.2, 0.25) is 0 Å². The Balaban J connectivity index is 1.67. The summed E-state index contributed by atoms with van der Waals surface area (Å²) < 4.78 is 17.0. The standard InChI is InChI=1S/C29H33NO5/c1-2-12-28(31)27(22-34-23-33-20-25-15-8-4-9-16-25)30(19-24-13-6-3-7-14-24)29(32)35-21-26-17-10-5-11-18-26/h2-11,13-18,27-28,31H,1,12,19-23H2/t27-,28+/m0/s1. The number of carbonyl (C=O) groups excluding carboxylic acids is 1. The first-order chi connectivity index (χ1) is 17.2. The van der Waals surface area contributed by atoms with E-state index < -0.39 is 18.2 Å². The minimum atomic E-state index is -0.880. The van der Waals surface area contributed by atoms with E-state index in [9.17, 15) is 9.90 Å². The third kappa shape index (κ3) is 9.02. The van der Waals surface area contributed by atoms with E-state index >= 15 is 0 Å². The van der Waals surface area contributed by atoms with E-state index in [4.69, 9.17) is 14.2 Å². The normalized spacial score (nSPS) is 12.5. The maximum Gasteiger partial charge on any atom is 0.410 e. The fourth-order valence-electron chi connectivity index (χ4n) is 3.60. The van der Waals surface area contributed by atoms with Gasteiger partial charge < -0.3 is 19.3 Å². The van der Waals surface area contributed by atoms with Gasteiger partial charge in [-0.15, -0.1) is 6.58 Å². The van der Waals surface area contributed by atoms with Gasteiger partial charge in [0, 0.05) is 6.54 Å². The van der Waals surface area contributed by atoms with Crippen LogP contribution >= 0.6 is 0 Å². The van der Waals surface area contributed by atoms with Gasteiger partial charge in [-0.05, 0) is 23.1 Å². The van der Waals surface area contributed by atoms with Crippen LogP contribution in [0.15, 0.2) is 104 Å². The Morgan fingerprint density at radius 2 is 1.37 bits per heavy atom. The molecule has 2 atom stereocenters. The van der Waals surface area contributed by atoms with Crippen molar-refractivity contribution in [1.82, 2.24) is 4.90 Å². The largest absolute Gasteiger partial charge is 0.445 e. The van der Waals surface area contributed by atoms with Crippen LogP contribution < -0.4 is 0 Å². The lowest BCUT2D eigenvalue weighted by molar-refractivity contribution is -0.0913. The van der Waals surface area contributed by atoms with Crippen molar-refractivity contribution in [2.45, 2.75) is 38.3 Å². The molecule has 6 heteroatoms. The Morgan fingerprint density at radius 1 is 0.829 bits per heavy atom. The summed E-state index contributed by atoms with van der Waals surface area (Å²) in [6, 6.07) is 28.2. The molecule has 0 unspecified atom stereocenters. The molecule has 0 saturated carbocycles. The molecule has 6 nitrogen and oxygen atoms in total. The van der Waals surface area contributed by atoms with E-state index in [1.807, 2.05) is 91.0 Å². The summed E-state index contributed by atoms with van der Waals surface area (Å²) in [6.45, 7) is 4.65. The number of benzene rings is 3. The summed E-state index contributed by atoms with van der Waals surface area (Å²) in [5, 5.41) is 10.9. The second kappa shape index (κ2) is 14.7. The molecule has 0 aliphatic heterocycles. The Morgan fingerprint density at radius 3 is 1.94 bits per heavy atom. The Hall–Kier alpha value is -3.45. The van der Waals surface area contributed by atoms with Crippen molar-refractivity contribution in [1.29, 1.82) is 0 Å². The highest BCUT2D eigenvalue weighted by atomic mass is 16.7. The third-order valence-corrected chi connectivity index (χ3v) is 5.45. The topological polar surface area (TPSA) is 68.2 Å².